The zero-order valence-corrected chi connectivity index (χ0v) is 20.1. The Kier molecular flexibility index (Phi) is 5.18. The number of hydrogen-bond acceptors (Lipinski definition) is 7. The van der Waals surface area contributed by atoms with Crippen LogP contribution in [-0.4, -0.2) is 35.0 Å². The lowest BCUT2D eigenvalue weighted by molar-refractivity contribution is 0.0938. The molecular weight excluding hydrogens is 444 g/mol. The maximum atomic E-state index is 13.1. The molecule has 2 bridgehead atoms. The average Bonchev–Trinajstić information content (AvgIpc) is 3.35. The molecule has 2 aromatic heterocycles. The van der Waals surface area contributed by atoms with E-state index in [1.807, 2.05) is 6.92 Å². The van der Waals surface area contributed by atoms with E-state index in [1.54, 1.807) is 6.20 Å². The van der Waals surface area contributed by atoms with Gasteiger partial charge >= 0.3 is 0 Å². The van der Waals surface area contributed by atoms with Gasteiger partial charge in [-0.15, -0.1) is 11.3 Å². The molecule has 0 spiro atoms. The van der Waals surface area contributed by atoms with E-state index < -0.39 is 0 Å². The first kappa shape index (κ1) is 21.4. The van der Waals surface area contributed by atoms with E-state index in [0.29, 0.717) is 20.9 Å². The maximum Gasteiger partial charge on any atom is 0.263 e. The molecule has 34 heavy (non-hydrogen) atoms. The van der Waals surface area contributed by atoms with E-state index >= 15 is 0 Å². The fraction of sp³-hybridized carbons (Fsp3) is 0.462. The van der Waals surface area contributed by atoms with Gasteiger partial charge in [-0.1, -0.05) is 6.07 Å². The van der Waals surface area contributed by atoms with Gasteiger partial charge in [0.15, 0.2) is 0 Å². The summed E-state index contributed by atoms with van der Waals surface area (Å²) < 4.78 is 0. The van der Waals surface area contributed by atoms with E-state index in [9.17, 15) is 10.1 Å². The summed E-state index contributed by atoms with van der Waals surface area (Å²) in [5.41, 5.74) is 12.3. The highest BCUT2D eigenvalue weighted by Gasteiger charge is 2.34. The molecule has 1 aromatic carbocycles. The highest BCUT2D eigenvalue weighted by molar-refractivity contribution is 7.21. The number of nitrogens with one attached hydrogen (secondary N) is 1. The lowest BCUT2D eigenvalue weighted by atomic mass is 9.84. The van der Waals surface area contributed by atoms with Gasteiger partial charge in [-0.2, -0.15) is 5.26 Å². The van der Waals surface area contributed by atoms with Crippen LogP contribution in [0.25, 0.3) is 10.3 Å². The molecule has 1 amide bonds. The normalized spacial score (nSPS) is 23.5. The van der Waals surface area contributed by atoms with Gasteiger partial charge in [0, 0.05) is 25.3 Å². The predicted molar refractivity (Wildman–Crippen MR) is 134 cm³/mol. The highest BCUT2D eigenvalue weighted by Crippen LogP contribution is 2.40. The van der Waals surface area contributed by atoms with Crippen LogP contribution >= 0.6 is 11.3 Å². The van der Waals surface area contributed by atoms with Crippen LogP contribution in [0.2, 0.25) is 0 Å². The number of nitrogens with zero attached hydrogens (tertiary/aromatic N) is 4. The Morgan fingerprint density at radius 2 is 2.06 bits per heavy atom. The molecule has 1 saturated carbocycles. The summed E-state index contributed by atoms with van der Waals surface area (Å²) in [4.78, 5) is 25.5. The smallest absolute Gasteiger partial charge is 0.263 e. The van der Waals surface area contributed by atoms with E-state index in [1.165, 1.54) is 36.2 Å². The van der Waals surface area contributed by atoms with Crippen molar-refractivity contribution in [1.82, 2.24) is 15.3 Å². The Morgan fingerprint density at radius 3 is 2.82 bits per heavy atom. The summed E-state index contributed by atoms with van der Waals surface area (Å²) >= 11 is 1.29. The minimum Gasteiger partial charge on any atom is -0.396 e. The summed E-state index contributed by atoms with van der Waals surface area (Å²) in [6, 6.07) is 6.84. The summed E-state index contributed by atoms with van der Waals surface area (Å²) in [6.07, 6.45) is 7.99. The minimum atomic E-state index is -0.172. The highest BCUT2D eigenvalue weighted by atomic mass is 32.1. The SMILES string of the molecule is Cc1cnc2c(N)c(C(=O)N[C@@H]3CCc4c(ccc(N5CC6CCC(C6)C5)c4C#N)C3)sc2n1. The van der Waals surface area contributed by atoms with Crippen LogP contribution in [0.3, 0.4) is 0 Å². The van der Waals surface area contributed by atoms with Crippen LogP contribution < -0.4 is 16.0 Å². The topological polar surface area (TPSA) is 108 Å². The number of anilines is 2. The number of fused-ring (bicyclic) bond motifs is 4. The van der Waals surface area contributed by atoms with Crippen LogP contribution in [0.1, 0.15) is 57.7 Å². The zero-order chi connectivity index (χ0) is 23.4. The number of nitrogens with two attached hydrogens (primary N) is 1. The molecule has 7 nitrogen and oxygen atoms in total. The van der Waals surface area contributed by atoms with Crippen molar-refractivity contribution in [3.63, 3.8) is 0 Å². The number of carbonyl (C=O) groups excluding carboxylic acids is 1. The largest absolute Gasteiger partial charge is 0.396 e. The van der Waals surface area contributed by atoms with Gasteiger partial charge in [0.2, 0.25) is 0 Å². The van der Waals surface area contributed by atoms with E-state index in [2.05, 4.69) is 38.4 Å². The van der Waals surface area contributed by atoms with E-state index in [4.69, 9.17) is 5.73 Å². The summed E-state index contributed by atoms with van der Waals surface area (Å²) in [5.74, 6) is 1.38. The van der Waals surface area contributed by atoms with Gasteiger partial charge in [-0.05, 0) is 74.5 Å². The van der Waals surface area contributed by atoms with Crippen molar-refractivity contribution in [2.75, 3.05) is 23.7 Å². The second-order valence-electron chi connectivity index (χ2n) is 10.1. The third kappa shape index (κ3) is 3.59. The second-order valence-corrected chi connectivity index (χ2v) is 11.1. The van der Waals surface area contributed by atoms with E-state index in [-0.39, 0.29) is 11.9 Å². The fourth-order valence-corrected chi connectivity index (χ4v) is 7.15. The number of piperidine rings is 1. The molecule has 3 aromatic rings. The van der Waals surface area contributed by atoms with E-state index in [0.717, 1.165) is 66.7 Å². The van der Waals surface area contributed by atoms with Gasteiger partial charge in [-0.25, -0.2) is 9.97 Å². The first-order valence-electron chi connectivity index (χ1n) is 12.1. The minimum absolute atomic E-state index is 0.00971. The lowest BCUT2D eigenvalue weighted by Crippen LogP contribution is -2.39. The molecule has 0 radical (unpaired) electrons. The lowest BCUT2D eigenvalue weighted by Gasteiger charge is -2.35. The Balaban J connectivity index is 1.21. The molecule has 3 N–H and O–H groups in total. The Bertz CT molecular complexity index is 1330. The number of rotatable bonds is 3. The summed E-state index contributed by atoms with van der Waals surface area (Å²) in [5, 5.41) is 13.2. The number of thiophene rings is 1. The molecule has 2 aliphatic carbocycles. The predicted octanol–water partition coefficient (Wildman–Crippen LogP) is 3.98. The molecule has 3 aliphatic rings. The van der Waals surface area contributed by atoms with Crippen LogP contribution in [0, 0.1) is 30.1 Å². The first-order chi connectivity index (χ1) is 16.5. The average molecular weight is 473 g/mol. The Hall–Kier alpha value is -3.18. The number of hydrogen-bond donors (Lipinski definition) is 2. The molecule has 174 valence electrons. The number of benzene rings is 1. The summed E-state index contributed by atoms with van der Waals surface area (Å²) in [6.45, 7) is 4.02. The number of amides is 1. The van der Waals surface area contributed by atoms with Crippen molar-refractivity contribution in [3.8, 4) is 6.07 Å². The molecule has 3 atom stereocenters. The summed E-state index contributed by atoms with van der Waals surface area (Å²) in [7, 11) is 0. The van der Waals surface area contributed by atoms with Crippen molar-refractivity contribution in [2.24, 2.45) is 11.8 Å². The standard InChI is InChI=1S/C26H28N6OS/c1-14-11-29-23-22(28)24(34-26(23)30-14)25(33)31-18-5-6-19-17(9-18)4-7-21(20(19)10-27)32-12-15-2-3-16(8-15)13-32/h4,7,11,15-16,18H,2-3,5-6,8-9,12-13,28H2,1H3,(H,31,33)/t15?,16?,18-/m1/s1. The monoisotopic (exact) mass is 472 g/mol. The molecule has 2 fully saturated rings. The van der Waals surface area contributed by atoms with Crippen LogP contribution in [0.4, 0.5) is 11.4 Å². The van der Waals surface area contributed by atoms with Crippen LogP contribution in [0.15, 0.2) is 18.3 Å². The Labute approximate surface area is 203 Å². The van der Waals surface area contributed by atoms with Crippen molar-refractivity contribution in [1.29, 1.82) is 5.26 Å². The number of nitriles is 1. The van der Waals surface area contributed by atoms with Crippen molar-refractivity contribution >= 4 is 39.0 Å². The molecular formula is C26H28N6OS. The number of nitrogen functional groups attached to an aromatic ring is 1. The van der Waals surface area contributed by atoms with Crippen molar-refractivity contribution < 1.29 is 4.79 Å². The first-order valence-corrected chi connectivity index (χ1v) is 12.9. The third-order valence-electron chi connectivity index (χ3n) is 7.76. The molecule has 1 saturated heterocycles. The maximum absolute atomic E-state index is 13.1. The Morgan fingerprint density at radius 1 is 1.26 bits per heavy atom. The second kappa shape index (κ2) is 8.24. The van der Waals surface area contributed by atoms with Crippen LogP contribution in [-0.2, 0) is 12.8 Å². The number of aryl methyl sites for hydroxylation is 1. The van der Waals surface area contributed by atoms with Crippen molar-refractivity contribution in [2.45, 2.75) is 51.5 Å². The van der Waals surface area contributed by atoms with Gasteiger partial charge < -0.3 is 16.0 Å². The van der Waals surface area contributed by atoms with Crippen molar-refractivity contribution in [3.05, 3.63) is 45.6 Å². The third-order valence-corrected chi connectivity index (χ3v) is 8.84. The number of aromatic nitrogens is 2. The molecule has 6 rings (SSSR count). The van der Waals surface area contributed by atoms with Gasteiger partial charge in [-0.3, -0.25) is 4.79 Å². The zero-order valence-electron chi connectivity index (χ0n) is 19.3. The van der Waals surface area contributed by atoms with Gasteiger partial charge in [0.1, 0.15) is 21.3 Å². The number of carbonyl (C=O) groups is 1. The molecule has 8 heteroatoms. The molecule has 2 unspecified atom stereocenters. The molecule has 3 heterocycles. The quantitative estimate of drug-likeness (QED) is 0.597. The van der Waals surface area contributed by atoms with Crippen LogP contribution in [0.5, 0.6) is 0 Å². The van der Waals surface area contributed by atoms with Gasteiger partial charge in [0.25, 0.3) is 5.91 Å². The van der Waals surface area contributed by atoms with Gasteiger partial charge in [0.05, 0.1) is 22.6 Å². The molecule has 1 aliphatic heterocycles. The fourth-order valence-electron chi connectivity index (χ4n) is 6.15.